The number of amides is 1. The van der Waals surface area contributed by atoms with Crippen molar-refractivity contribution in [1.82, 2.24) is 4.90 Å². The number of benzene rings is 1. The van der Waals surface area contributed by atoms with Crippen molar-refractivity contribution in [3.05, 3.63) is 35.4 Å². The number of carbonyl (C=O) groups excluding carboxylic acids is 1. The lowest BCUT2D eigenvalue weighted by atomic mass is 10.1. The van der Waals surface area contributed by atoms with Gasteiger partial charge in [-0.1, -0.05) is 45.8 Å². The molecule has 0 saturated heterocycles. The molecule has 0 fully saturated rings. The molecule has 0 saturated carbocycles. The van der Waals surface area contributed by atoms with Crippen LogP contribution in [0.3, 0.4) is 0 Å². The van der Waals surface area contributed by atoms with Crippen molar-refractivity contribution in [3.8, 4) is 0 Å². The molecule has 0 radical (unpaired) electrons. The molecule has 1 atom stereocenters. The van der Waals surface area contributed by atoms with Crippen molar-refractivity contribution in [2.75, 3.05) is 12.4 Å². The van der Waals surface area contributed by atoms with Crippen molar-refractivity contribution in [2.45, 2.75) is 26.3 Å². The largest absolute Gasteiger partial charge is 0.342 e. The zero-order valence-electron chi connectivity index (χ0n) is 10.0. The lowest BCUT2D eigenvalue weighted by Gasteiger charge is -2.23. The summed E-state index contributed by atoms with van der Waals surface area (Å²) in [5.74, 6) is 0.164. The van der Waals surface area contributed by atoms with Crippen LogP contribution in [-0.4, -0.2) is 29.2 Å². The highest BCUT2D eigenvalue weighted by atomic mass is 79.9. The highest BCUT2D eigenvalue weighted by Crippen LogP contribution is 2.08. The van der Waals surface area contributed by atoms with Crippen LogP contribution in [0.5, 0.6) is 0 Å². The van der Waals surface area contributed by atoms with E-state index in [1.54, 1.807) is 4.90 Å². The van der Waals surface area contributed by atoms with Crippen LogP contribution < -0.4 is 0 Å². The van der Waals surface area contributed by atoms with E-state index in [0.29, 0.717) is 6.42 Å². The van der Waals surface area contributed by atoms with Crippen molar-refractivity contribution in [1.29, 1.82) is 0 Å². The SMILES string of the molecule is Cc1cccc(CC(=O)N(C)C(C)CBr)c1. The Kier molecular flexibility index (Phi) is 5.00. The molecule has 1 aromatic carbocycles. The molecular weight excluding hydrogens is 266 g/mol. The summed E-state index contributed by atoms with van der Waals surface area (Å²) in [6.45, 7) is 4.07. The number of nitrogens with zero attached hydrogens (tertiary/aromatic N) is 1. The lowest BCUT2D eigenvalue weighted by molar-refractivity contribution is -0.130. The number of halogens is 1. The van der Waals surface area contributed by atoms with Crippen molar-refractivity contribution >= 4 is 21.8 Å². The third-order valence-corrected chi connectivity index (χ3v) is 3.65. The average Bonchev–Trinajstić information content (AvgIpc) is 2.27. The first-order valence-corrected chi connectivity index (χ1v) is 6.54. The third-order valence-electron chi connectivity index (χ3n) is 2.72. The minimum atomic E-state index is 0.164. The third kappa shape index (κ3) is 3.63. The molecule has 0 spiro atoms. The van der Waals surface area contributed by atoms with E-state index in [0.717, 1.165) is 10.9 Å². The standard InChI is InChI=1S/C13H18BrNO/c1-10-5-4-6-12(7-10)8-13(16)15(3)11(2)9-14/h4-7,11H,8-9H2,1-3H3. The molecule has 2 nitrogen and oxygen atoms in total. The van der Waals surface area contributed by atoms with E-state index in [1.165, 1.54) is 5.56 Å². The van der Waals surface area contributed by atoms with E-state index < -0.39 is 0 Å². The minimum Gasteiger partial charge on any atom is -0.342 e. The number of hydrogen-bond acceptors (Lipinski definition) is 1. The van der Waals surface area contributed by atoms with E-state index >= 15 is 0 Å². The first-order chi connectivity index (χ1) is 7.54. The van der Waals surface area contributed by atoms with Gasteiger partial charge in [0.25, 0.3) is 0 Å². The van der Waals surface area contributed by atoms with E-state index in [4.69, 9.17) is 0 Å². The van der Waals surface area contributed by atoms with Crippen molar-refractivity contribution in [2.24, 2.45) is 0 Å². The Morgan fingerprint density at radius 2 is 2.19 bits per heavy atom. The molecule has 0 aliphatic rings. The Balaban J connectivity index is 2.64. The maximum Gasteiger partial charge on any atom is 0.226 e. The summed E-state index contributed by atoms with van der Waals surface area (Å²) >= 11 is 3.39. The van der Waals surface area contributed by atoms with E-state index in [9.17, 15) is 4.79 Å². The van der Waals surface area contributed by atoms with Gasteiger partial charge in [0.15, 0.2) is 0 Å². The molecule has 1 amide bonds. The van der Waals surface area contributed by atoms with Gasteiger partial charge in [-0.05, 0) is 19.4 Å². The van der Waals surface area contributed by atoms with Gasteiger partial charge in [-0.15, -0.1) is 0 Å². The summed E-state index contributed by atoms with van der Waals surface area (Å²) in [4.78, 5) is 13.7. The number of aryl methyl sites for hydroxylation is 1. The summed E-state index contributed by atoms with van der Waals surface area (Å²) in [5, 5.41) is 0.809. The second-order valence-electron chi connectivity index (χ2n) is 4.17. The van der Waals surface area contributed by atoms with Gasteiger partial charge in [-0.2, -0.15) is 0 Å². The Morgan fingerprint density at radius 3 is 2.75 bits per heavy atom. The Morgan fingerprint density at radius 1 is 1.50 bits per heavy atom. The van der Waals surface area contributed by atoms with Crippen molar-refractivity contribution < 1.29 is 4.79 Å². The van der Waals surface area contributed by atoms with Gasteiger partial charge >= 0.3 is 0 Å². The molecule has 0 aliphatic heterocycles. The highest BCUT2D eigenvalue weighted by Gasteiger charge is 2.14. The Labute approximate surface area is 106 Å². The lowest BCUT2D eigenvalue weighted by Crippen LogP contribution is -2.37. The number of hydrogen-bond donors (Lipinski definition) is 0. The number of rotatable bonds is 4. The van der Waals surface area contributed by atoms with E-state index in [1.807, 2.05) is 39.1 Å². The molecule has 0 aliphatic carbocycles. The monoisotopic (exact) mass is 283 g/mol. The molecule has 88 valence electrons. The first kappa shape index (κ1) is 13.2. The van der Waals surface area contributed by atoms with Crippen LogP contribution in [0.2, 0.25) is 0 Å². The zero-order valence-corrected chi connectivity index (χ0v) is 11.6. The van der Waals surface area contributed by atoms with Crippen LogP contribution >= 0.6 is 15.9 Å². The van der Waals surface area contributed by atoms with Gasteiger partial charge in [0.1, 0.15) is 0 Å². The average molecular weight is 284 g/mol. The predicted molar refractivity (Wildman–Crippen MR) is 70.9 cm³/mol. The number of alkyl halides is 1. The molecule has 1 aromatic rings. The second-order valence-corrected chi connectivity index (χ2v) is 4.82. The maximum atomic E-state index is 11.9. The minimum absolute atomic E-state index is 0.164. The van der Waals surface area contributed by atoms with Crippen LogP contribution in [0, 0.1) is 6.92 Å². The summed E-state index contributed by atoms with van der Waals surface area (Å²) in [5.41, 5.74) is 2.28. The van der Waals surface area contributed by atoms with Crippen LogP contribution in [-0.2, 0) is 11.2 Å². The molecule has 0 bridgehead atoms. The maximum absolute atomic E-state index is 11.9. The highest BCUT2D eigenvalue weighted by molar-refractivity contribution is 9.09. The Hall–Kier alpha value is -0.830. The molecule has 0 heterocycles. The molecule has 16 heavy (non-hydrogen) atoms. The topological polar surface area (TPSA) is 20.3 Å². The van der Waals surface area contributed by atoms with Gasteiger partial charge in [0, 0.05) is 18.4 Å². The van der Waals surface area contributed by atoms with Gasteiger partial charge in [0.05, 0.1) is 6.42 Å². The smallest absolute Gasteiger partial charge is 0.226 e. The fourth-order valence-corrected chi connectivity index (χ4v) is 1.91. The van der Waals surface area contributed by atoms with Crippen LogP contribution in [0.4, 0.5) is 0 Å². The van der Waals surface area contributed by atoms with Crippen LogP contribution in [0.15, 0.2) is 24.3 Å². The Bertz CT molecular complexity index is 365. The summed E-state index contributed by atoms with van der Waals surface area (Å²) < 4.78 is 0. The van der Waals surface area contributed by atoms with Gasteiger partial charge in [0.2, 0.25) is 5.91 Å². The normalized spacial score (nSPS) is 12.2. The summed E-state index contributed by atoms with van der Waals surface area (Å²) in [6.07, 6.45) is 0.482. The molecule has 1 unspecified atom stereocenters. The van der Waals surface area contributed by atoms with Crippen LogP contribution in [0.1, 0.15) is 18.1 Å². The van der Waals surface area contributed by atoms with E-state index in [2.05, 4.69) is 22.0 Å². The first-order valence-electron chi connectivity index (χ1n) is 5.41. The fourth-order valence-electron chi connectivity index (χ4n) is 1.47. The number of carbonyl (C=O) groups is 1. The summed E-state index contributed by atoms with van der Waals surface area (Å²) in [7, 11) is 1.85. The molecule has 3 heteroatoms. The van der Waals surface area contributed by atoms with Gasteiger partial charge < -0.3 is 4.90 Å². The molecule has 1 rings (SSSR count). The predicted octanol–water partition coefficient (Wildman–Crippen LogP) is 2.78. The zero-order chi connectivity index (χ0) is 12.1. The molecule has 0 N–H and O–H groups in total. The fraction of sp³-hybridized carbons (Fsp3) is 0.462. The number of likely N-dealkylation sites (N-methyl/N-ethyl adjacent to an activating group) is 1. The molecular formula is C13H18BrNO. The van der Waals surface area contributed by atoms with Gasteiger partial charge in [-0.3, -0.25) is 4.79 Å². The molecule has 0 aromatic heterocycles. The second kappa shape index (κ2) is 6.04. The van der Waals surface area contributed by atoms with E-state index in [-0.39, 0.29) is 11.9 Å². The van der Waals surface area contributed by atoms with Crippen LogP contribution in [0.25, 0.3) is 0 Å². The quantitative estimate of drug-likeness (QED) is 0.779. The summed E-state index contributed by atoms with van der Waals surface area (Å²) in [6, 6.07) is 8.32. The van der Waals surface area contributed by atoms with Gasteiger partial charge in [-0.25, -0.2) is 0 Å². The van der Waals surface area contributed by atoms with Crippen molar-refractivity contribution in [3.63, 3.8) is 0 Å².